The van der Waals surface area contributed by atoms with Gasteiger partial charge in [0.2, 0.25) is 0 Å². The van der Waals surface area contributed by atoms with Crippen molar-refractivity contribution in [3.63, 3.8) is 0 Å². The molecule has 2 N–H and O–H groups in total. The molecule has 0 saturated carbocycles. The van der Waals surface area contributed by atoms with Crippen LogP contribution in [0.25, 0.3) is 0 Å². The number of nitrogens with two attached hydrogens (primary N) is 1. The zero-order valence-corrected chi connectivity index (χ0v) is 12.3. The number of hydrogen-bond acceptors (Lipinski definition) is 6. The molecule has 0 heterocycles. The van der Waals surface area contributed by atoms with Gasteiger partial charge in [-0.2, -0.15) is 11.8 Å². The fourth-order valence-electron chi connectivity index (χ4n) is 1.10. The highest BCUT2D eigenvalue weighted by Crippen LogP contribution is 2.11. The molecule has 0 aromatic rings. The second kappa shape index (κ2) is 8.37. The monoisotopic (exact) mass is 277 g/mol. The first-order valence-electron chi connectivity index (χ1n) is 5.98. The Morgan fingerprint density at radius 3 is 2.44 bits per heavy atom. The van der Waals surface area contributed by atoms with Gasteiger partial charge in [0.1, 0.15) is 11.6 Å². The summed E-state index contributed by atoms with van der Waals surface area (Å²) in [5, 5.41) is 0. The van der Waals surface area contributed by atoms with Crippen molar-refractivity contribution in [1.29, 1.82) is 0 Å². The lowest BCUT2D eigenvalue weighted by Crippen LogP contribution is -2.33. The molecule has 0 saturated heterocycles. The normalized spacial score (nSPS) is 12.9. The Bertz CT molecular complexity index is 276. The Morgan fingerprint density at radius 2 is 1.94 bits per heavy atom. The highest BCUT2D eigenvalue weighted by molar-refractivity contribution is 7.99. The third-order valence-electron chi connectivity index (χ3n) is 1.80. The van der Waals surface area contributed by atoms with Gasteiger partial charge >= 0.3 is 11.9 Å². The van der Waals surface area contributed by atoms with E-state index in [2.05, 4.69) is 0 Å². The smallest absolute Gasteiger partial charge is 0.322 e. The minimum Gasteiger partial charge on any atom is -0.465 e. The van der Waals surface area contributed by atoms with Gasteiger partial charge < -0.3 is 15.2 Å². The maximum absolute atomic E-state index is 11.4. The Hall–Kier alpha value is -0.750. The largest absolute Gasteiger partial charge is 0.465 e. The summed E-state index contributed by atoms with van der Waals surface area (Å²) in [5.41, 5.74) is 5.16. The van der Waals surface area contributed by atoms with E-state index in [9.17, 15) is 9.59 Å². The van der Waals surface area contributed by atoms with E-state index in [0.29, 0.717) is 18.8 Å². The van der Waals surface area contributed by atoms with Crippen molar-refractivity contribution in [1.82, 2.24) is 0 Å². The summed E-state index contributed by atoms with van der Waals surface area (Å²) in [6.07, 6.45) is 0.492. The van der Waals surface area contributed by atoms with Gasteiger partial charge in [-0.25, -0.2) is 0 Å². The van der Waals surface area contributed by atoms with Crippen LogP contribution >= 0.6 is 11.8 Å². The molecule has 0 aromatic carbocycles. The van der Waals surface area contributed by atoms with Crippen molar-refractivity contribution < 1.29 is 19.1 Å². The molecular formula is C12H23NO4S. The molecule has 1 unspecified atom stereocenters. The standard InChI is InChI=1S/C12H23NO4S/c1-5-16-11(15)9(13)6-7-18-8-10(14)17-12(2,3)4/h9H,5-8,13H2,1-4H3. The summed E-state index contributed by atoms with van der Waals surface area (Å²) < 4.78 is 9.93. The predicted octanol–water partition coefficient (Wildman–Crippen LogP) is 1.34. The number of rotatable bonds is 7. The topological polar surface area (TPSA) is 78.6 Å². The van der Waals surface area contributed by atoms with Crippen molar-refractivity contribution in [3.05, 3.63) is 0 Å². The first-order valence-corrected chi connectivity index (χ1v) is 7.13. The van der Waals surface area contributed by atoms with Crippen LogP contribution in [-0.4, -0.2) is 41.7 Å². The molecule has 0 fully saturated rings. The van der Waals surface area contributed by atoms with E-state index in [1.54, 1.807) is 6.92 Å². The van der Waals surface area contributed by atoms with Crippen LogP contribution in [0.1, 0.15) is 34.1 Å². The molecule has 0 aliphatic rings. The molecule has 18 heavy (non-hydrogen) atoms. The van der Waals surface area contributed by atoms with Crippen LogP contribution in [0.15, 0.2) is 0 Å². The van der Waals surface area contributed by atoms with Crippen LogP contribution in [0.2, 0.25) is 0 Å². The quantitative estimate of drug-likeness (QED) is 0.559. The van der Waals surface area contributed by atoms with E-state index in [1.165, 1.54) is 11.8 Å². The highest BCUT2D eigenvalue weighted by atomic mass is 32.2. The highest BCUT2D eigenvalue weighted by Gasteiger charge is 2.17. The van der Waals surface area contributed by atoms with Gasteiger partial charge in [0.05, 0.1) is 12.4 Å². The maximum atomic E-state index is 11.4. The van der Waals surface area contributed by atoms with Gasteiger partial charge in [-0.1, -0.05) is 0 Å². The van der Waals surface area contributed by atoms with Crippen molar-refractivity contribution in [2.45, 2.75) is 45.8 Å². The second-order valence-corrected chi connectivity index (χ2v) is 5.89. The van der Waals surface area contributed by atoms with Gasteiger partial charge in [-0.05, 0) is 39.9 Å². The maximum Gasteiger partial charge on any atom is 0.322 e. The minimum absolute atomic E-state index is 0.253. The van der Waals surface area contributed by atoms with Gasteiger partial charge in [0.25, 0.3) is 0 Å². The summed E-state index contributed by atoms with van der Waals surface area (Å²) in [5.74, 6) is 0.249. The molecule has 0 aliphatic carbocycles. The first kappa shape index (κ1) is 17.2. The SMILES string of the molecule is CCOC(=O)C(N)CCSCC(=O)OC(C)(C)C. The van der Waals surface area contributed by atoms with Crippen LogP contribution in [0.5, 0.6) is 0 Å². The predicted molar refractivity (Wildman–Crippen MR) is 72.4 cm³/mol. The van der Waals surface area contributed by atoms with Crippen molar-refractivity contribution >= 4 is 23.7 Å². The third kappa shape index (κ3) is 9.30. The number of ether oxygens (including phenoxy) is 2. The van der Waals surface area contributed by atoms with Crippen molar-refractivity contribution in [3.8, 4) is 0 Å². The number of carbonyl (C=O) groups is 2. The molecule has 0 aliphatic heterocycles. The van der Waals surface area contributed by atoms with Gasteiger partial charge in [-0.3, -0.25) is 9.59 Å². The number of thioether (sulfide) groups is 1. The minimum atomic E-state index is -0.615. The third-order valence-corrected chi connectivity index (χ3v) is 2.77. The van der Waals surface area contributed by atoms with Crippen LogP contribution < -0.4 is 5.73 Å². The van der Waals surface area contributed by atoms with E-state index in [0.717, 1.165) is 0 Å². The Morgan fingerprint density at radius 1 is 1.33 bits per heavy atom. The molecule has 0 bridgehead atoms. The number of carbonyl (C=O) groups excluding carboxylic acids is 2. The lowest BCUT2D eigenvalue weighted by molar-refractivity contribution is -0.151. The molecule has 0 rings (SSSR count). The summed E-state index contributed by atoms with van der Waals surface area (Å²) in [4.78, 5) is 22.6. The average Bonchev–Trinajstić information content (AvgIpc) is 2.21. The van der Waals surface area contributed by atoms with Crippen molar-refractivity contribution in [2.24, 2.45) is 5.73 Å². The lowest BCUT2D eigenvalue weighted by atomic mass is 10.2. The summed E-state index contributed by atoms with van der Waals surface area (Å²) >= 11 is 1.40. The van der Waals surface area contributed by atoms with E-state index in [-0.39, 0.29) is 11.7 Å². The van der Waals surface area contributed by atoms with Gasteiger partial charge in [0.15, 0.2) is 0 Å². The Balaban J connectivity index is 3.67. The fraction of sp³-hybridized carbons (Fsp3) is 0.833. The number of esters is 2. The van der Waals surface area contributed by atoms with E-state index in [4.69, 9.17) is 15.2 Å². The van der Waals surface area contributed by atoms with E-state index in [1.807, 2.05) is 20.8 Å². The molecule has 6 heteroatoms. The molecule has 1 atom stereocenters. The summed E-state index contributed by atoms with van der Waals surface area (Å²) in [6.45, 7) is 7.55. The summed E-state index contributed by atoms with van der Waals surface area (Å²) in [7, 11) is 0. The second-order valence-electron chi connectivity index (χ2n) is 4.79. The zero-order chi connectivity index (χ0) is 14.2. The number of hydrogen-bond donors (Lipinski definition) is 1. The average molecular weight is 277 g/mol. The van der Waals surface area contributed by atoms with E-state index >= 15 is 0 Å². The first-order chi connectivity index (χ1) is 8.26. The molecule has 106 valence electrons. The molecule has 0 radical (unpaired) electrons. The van der Waals surface area contributed by atoms with Crippen LogP contribution in [-0.2, 0) is 19.1 Å². The van der Waals surface area contributed by atoms with Crippen LogP contribution in [0, 0.1) is 0 Å². The van der Waals surface area contributed by atoms with Gasteiger partial charge in [-0.15, -0.1) is 0 Å². The van der Waals surface area contributed by atoms with Crippen LogP contribution in [0.4, 0.5) is 0 Å². The Labute approximate surface area is 113 Å². The van der Waals surface area contributed by atoms with E-state index < -0.39 is 17.6 Å². The molecule has 5 nitrogen and oxygen atoms in total. The molecular weight excluding hydrogens is 254 g/mol. The molecule has 0 spiro atoms. The lowest BCUT2D eigenvalue weighted by Gasteiger charge is -2.19. The molecule has 0 amide bonds. The fourth-order valence-corrected chi connectivity index (χ4v) is 1.89. The summed E-state index contributed by atoms with van der Waals surface area (Å²) in [6, 6.07) is -0.615. The van der Waals surface area contributed by atoms with Crippen LogP contribution in [0.3, 0.4) is 0 Å². The van der Waals surface area contributed by atoms with Crippen molar-refractivity contribution in [2.75, 3.05) is 18.1 Å². The Kier molecular flexibility index (Phi) is 8.02. The van der Waals surface area contributed by atoms with Gasteiger partial charge in [0, 0.05) is 0 Å². The zero-order valence-electron chi connectivity index (χ0n) is 11.5. The molecule has 0 aromatic heterocycles.